The SMILES string of the molecule is CN(C)n1c(CCCl)nc2ccc(F)c(F)c21. The molecule has 0 aliphatic heterocycles. The van der Waals surface area contributed by atoms with Gasteiger partial charge < -0.3 is 5.01 Å². The monoisotopic (exact) mass is 259 g/mol. The molecule has 0 aliphatic rings. The molecule has 0 spiro atoms. The molecule has 1 aromatic heterocycles. The molecular formula is C11H12ClF2N3. The summed E-state index contributed by atoms with van der Waals surface area (Å²) in [6.45, 7) is 0. The average molecular weight is 260 g/mol. The van der Waals surface area contributed by atoms with Crippen molar-refractivity contribution in [2.45, 2.75) is 6.42 Å². The van der Waals surface area contributed by atoms with E-state index in [1.54, 1.807) is 19.1 Å². The molecule has 0 saturated heterocycles. The Balaban J connectivity index is 2.77. The zero-order valence-electron chi connectivity index (χ0n) is 9.54. The van der Waals surface area contributed by atoms with Crippen LogP contribution in [0.25, 0.3) is 11.0 Å². The first kappa shape index (κ1) is 12.1. The zero-order chi connectivity index (χ0) is 12.6. The maximum Gasteiger partial charge on any atom is 0.186 e. The number of aromatic nitrogens is 2. The van der Waals surface area contributed by atoms with Crippen molar-refractivity contribution >= 4 is 22.6 Å². The van der Waals surface area contributed by atoms with Crippen LogP contribution in [0.3, 0.4) is 0 Å². The minimum atomic E-state index is -0.885. The van der Waals surface area contributed by atoms with Gasteiger partial charge in [0.05, 0.1) is 5.52 Å². The van der Waals surface area contributed by atoms with E-state index in [-0.39, 0.29) is 5.52 Å². The van der Waals surface area contributed by atoms with E-state index in [9.17, 15) is 8.78 Å². The van der Waals surface area contributed by atoms with Crippen LogP contribution in [-0.4, -0.2) is 29.6 Å². The van der Waals surface area contributed by atoms with Crippen LogP contribution in [0.5, 0.6) is 0 Å². The maximum absolute atomic E-state index is 13.8. The third-order valence-corrected chi connectivity index (χ3v) is 2.66. The van der Waals surface area contributed by atoms with E-state index in [4.69, 9.17) is 11.6 Å². The molecule has 0 atom stereocenters. The third-order valence-electron chi connectivity index (χ3n) is 2.47. The molecule has 0 aliphatic carbocycles. The van der Waals surface area contributed by atoms with Gasteiger partial charge in [-0.15, -0.1) is 11.6 Å². The molecule has 3 nitrogen and oxygen atoms in total. The second-order valence-electron chi connectivity index (χ2n) is 3.86. The minimum Gasteiger partial charge on any atom is -0.317 e. The van der Waals surface area contributed by atoms with Gasteiger partial charge in [-0.05, 0) is 12.1 Å². The molecule has 1 heterocycles. The van der Waals surface area contributed by atoms with Gasteiger partial charge in [-0.2, -0.15) is 0 Å². The van der Waals surface area contributed by atoms with Crippen molar-refractivity contribution in [1.82, 2.24) is 9.66 Å². The lowest BCUT2D eigenvalue weighted by Crippen LogP contribution is -2.27. The first-order valence-corrected chi connectivity index (χ1v) is 5.68. The first-order valence-electron chi connectivity index (χ1n) is 5.15. The highest BCUT2D eigenvalue weighted by atomic mass is 35.5. The van der Waals surface area contributed by atoms with Crippen LogP contribution in [0.15, 0.2) is 12.1 Å². The predicted octanol–water partition coefficient (Wildman–Crippen LogP) is 2.29. The van der Waals surface area contributed by atoms with E-state index in [1.807, 2.05) is 0 Å². The molecule has 0 fully saturated rings. The van der Waals surface area contributed by atoms with Crippen molar-refractivity contribution in [3.63, 3.8) is 0 Å². The maximum atomic E-state index is 13.8. The standard InChI is InChI=1S/C11H12ClF2N3/c1-16(2)17-9(5-6-12)15-8-4-3-7(13)10(14)11(8)17/h3-4H,5-6H2,1-2H3. The third kappa shape index (κ3) is 1.95. The highest BCUT2D eigenvalue weighted by molar-refractivity contribution is 6.17. The van der Waals surface area contributed by atoms with Gasteiger partial charge in [0.25, 0.3) is 0 Å². The number of benzene rings is 1. The Morgan fingerprint density at radius 3 is 2.65 bits per heavy atom. The topological polar surface area (TPSA) is 21.1 Å². The van der Waals surface area contributed by atoms with E-state index in [0.29, 0.717) is 23.6 Å². The molecule has 92 valence electrons. The zero-order valence-corrected chi connectivity index (χ0v) is 10.3. The van der Waals surface area contributed by atoms with E-state index in [0.717, 1.165) is 6.07 Å². The Bertz CT molecular complexity index is 551. The number of aryl methyl sites for hydroxylation is 1. The lowest BCUT2D eigenvalue weighted by molar-refractivity contribution is 0.510. The summed E-state index contributed by atoms with van der Waals surface area (Å²) < 4.78 is 28.5. The number of hydrogen-bond acceptors (Lipinski definition) is 2. The fraction of sp³-hybridized carbons (Fsp3) is 0.364. The van der Waals surface area contributed by atoms with Gasteiger partial charge in [0.2, 0.25) is 0 Å². The molecule has 0 amide bonds. The predicted molar refractivity (Wildman–Crippen MR) is 64.1 cm³/mol. The summed E-state index contributed by atoms with van der Waals surface area (Å²) in [5.41, 5.74) is 0.577. The molecule has 0 saturated carbocycles. The van der Waals surface area contributed by atoms with Gasteiger partial charge in [0.15, 0.2) is 11.6 Å². The quantitative estimate of drug-likeness (QED) is 0.789. The molecule has 2 rings (SSSR count). The van der Waals surface area contributed by atoms with Gasteiger partial charge in [0.1, 0.15) is 11.3 Å². The number of hydrogen-bond donors (Lipinski definition) is 0. The molecule has 0 radical (unpaired) electrons. The van der Waals surface area contributed by atoms with Crippen molar-refractivity contribution in [2.24, 2.45) is 0 Å². The normalized spacial score (nSPS) is 11.1. The molecule has 17 heavy (non-hydrogen) atoms. The number of fused-ring (bicyclic) bond motifs is 1. The van der Waals surface area contributed by atoms with Gasteiger partial charge in [0, 0.05) is 26.4 Å². The first-order chi connectivity index (χ1) is 8.06. The molecule has 0 unspecified atom stereocenters. The number of halogens is 3. The molecular weight excluding hydrogens is 248 g/mol. The fourth-order valence-electron chi connectivity index (χ4n) is 1.81. The van der Waals surface area contributed by atoms with Crippen LogP contribution in [-0.2, 0) is 6.42 Å². The Hall–Kier alpha value is -1.36. The molecule has 6 heteroatoms. The molecule has 0 N–H and O–H groups in total. The van der Waals surface area contributed by atoms with E-state index >= 15 is 0 Å². The molecule has 0 bridgehead atoms. The van der Waals surface area contributed by atoms with E-state index in [2.05, 4.69) is 4.98 Å². The van der Waals surface area contributed by atoms with Crippen LogP contribution in [0, 0.1) is 11.6 Å². The number of nitrogens with zero attached hydrogens (tertiary/aromatic N) is 3. The van der Waals surface area contributed by atoms with E-state index in [1.165, 1.54) is 10.7 Å². The number of rotatable bonds is 3. The summed E-state index contributed by atoms with van der Waals surface area (Å²) in [5.74, 6) is -0.770. The van der Waals surface area contributed by atoms with Crippen molar-refractivity contribution < 1.29 is 8.78 Å². The summed E-state index contributed by atoms with van der Waals surface area (Å²) in [7, 11) is 3.48. The van der Waals surface area contributed by atoms with Crippen LogP contribution >= 0.6 is 11.6 Å². The number of imidazole rings is 1. The number of alkyl halides is 1. The smallest absolute Gasteiger partial charge is 0.186 e. The van der Waals surface area contributed by atoms with Crippen molar-refractivity contribution in [3.05, 3.63) is 29.6 Å². The largest absolute Gasteiger partial charge is 0.317 e. The van der Waals surface area contributed by atoms with Gasteiger partial charge in [-0.25, -0.2) is 18.4 Å². The summed E-state index contributed by atoms with van der Waals surface area (Å²) in [6, 6.07) is 2.54. The van der Waals surface area contributed by atoms with Gasteiger partial charge in [-0.3, -0.25) is 0 Å². The summed E-state index contributed by atoms with van der Waals surface area (Å²) in [5, 5.41) is 1.65. The van der Waals surface area contributed by atoms with Crippen LogP contribution in [0.1, 0.15) is 5.82 Å². The van der Waals surface area contributed by atoms with Crippen LogP contribution in [0.4, 0.5) is 8.78 Å². The second-order valence-corrected chi connectivity index (χ2v) is 4.23. The fourth-order valence-corrected chi connectivity index (χ4v) is 1.98. The van der Waals surface area contributed by atoms with Crippen molar-refractivity contribution in [1.29, 1.82) is 0 Å². The van der Waals surface area contributed by atoms with Crippen LogP contribution < -0.4 is 5.01 Å². The Morgan fingerprint density at radius 2 is 2.06 bits per heavy atom. The Morgan fingerprint density at radius 1 is 1.35 bits per heavy atom. The van der Waals surface area contributed by atoms with Crippen molar-refractivity contribution in [3.8, 4) is 0 Å². The Labute approximate surface area is 103 Å². The summed E-state index contributed by atoms with van der Waals surface area (Å²) in [6.07, 6.45) is 0.496. The van der Waals surface area contributed by atoms with E-state index < -0.39 is 11.6 Å². The second kappa shape index (κ2) is 4.49. The Kier molecular flexibility index (Phi) is 3.19. The average Bonchev–Trinajstić information content (AvgIpc) is 2.63. The van der Waals surface area contributed by atoms with Gasteiger partial charge in [-0.1, -0.05) is 0 Å². The summed E-state index contributed by atoms with van der Waals surface area (Å²) in [4.78, 5) is 4.26. The highest BCUT2D eigenvalue weighted by Crippen LogP contribution is 2.22. The molecule has 2 aromatic rings. The molecule has 1 aromatic carbocycles. The van der Waals surface area contributed by atoms with Gasteiger partial charge >= 0.3 is 0 Å². The lowest BCUT2D eigenvalue weighted by Gasteiger charge is -2.18. The lowest BCUT2D eigenvalue weighted by atomic mass is 10.3. The highest BCUT2D eigenvalue weighted by Gasteiger charge is 2.18. The van der Waals surface area contributed by atoms with Crippen molar-refractivity contribution in [2.75, 3.05) is 25.0 Å². The van der Waals surface area contributed by atoms with Crippen LogP contribution in [0.2, 0.25) is 0 Å². The summed E-state index contributed by atoms with van der Waals surface area (Å²) >= 11 is 5.67. The minimum absolute atomic E-state index is 0.148.